The zero-order valence-corrected chi connectivity index (χ0v) is 12.6. The van der Waals surface area contributed by atoms with E-state index in [1.54, 1.807) is 6.07 Å². The number of likely N-dealkylation sites (N-methyl/N-ethyl adjacent to an activating group) is 1. The van der Waals surface area contributed by atoms with Gasteiger partial charge in [-0.2, -0.15) is 0 Å². The van der Waals surface area contributed by atoms with Crippen molar-refractivity contribution in [2.45, 2.75) is 12.5 Å². The van der Waals surface area contributed by atoms with Crippen molar-refractivity contribution in [3.05, 3.63) is 57.2 Å². The Morgan fingerprint density at radius 1 is 1.21 bits per heavy atom. The average Bonchev–Trinajstić information content (AvgIpc) is 2.83. The van der Waals surface area contributed by atoms with E-state index in [4.69, 9.17) is 11.6 Å². The maximum atomic E-state index is 12.5. The van der Waals surface area contributed by atoms with Gasteiger partial charge < -0.3 is 4.90 Å². The molecule has 0 bridgehead atoms. The third-order valence-electron chi connectivity index (χ3n) is 3.11. The number of rotatable bonds is 5. The van der Waals surface area contributed by atoms with Crippen LogP contribution in [-0.4, -0.2) is 25.9 Å². The summed E-state index contributed by atoms with van der Waals surface area (Å²) in [7, 11) is 4.03. The van der Waals surface area contributed by atoms with Gasteiger partial charge in [-0.3, -0.25) is 4.79 Å². The molecule has 2 nitrogen and oxygen atoms in total. The van der Waals surface area contributed by atoms with E-state index in [1.807, 2.05) is 38.4 Å². The smallest absolute Gasteiger partial charge is 0.230 e. The maximum Gasteiger partial charge on any atom is 0.230 e. The Hall–Kier alpha value is -1.16. The number of Topliss-reactive ketones (excluding diaryl/α,β-unsaturated/α-hetero) is 1. The Morgan fingerprint density at radius 3 is 2.42 bits per heavy atom. The first-order valence-corrected chi connectivity index (χ1v) is 7.41. The van der Waals surface area contributed by atoms with Gasteiger partial charge in [0.25, 0.3) is 0 Å². The van der Waals surface area contributed by atoms with Gasteiger partial charge in [-0.25, -0.2) is 0 Å². The number of hydrogen-bond donors (Lipinski definition) is 1. The van der Waals surface area contributed by atoms with E-state index in [2.05, 4.69) is 12.1 Å². The van der Waals surface area contributed by atoms with Gasteiger partial charge in [0.15, 0.2) is 6.04 Å². The quantitative estimate of drug-likeness (QED) is 0.840. The van der Waals surface area contributed by atoms with Crippen LogP contribution in [0.4, 0.5) is 0 Å². The van der Waals surface area contributed by atoms with Crippen LogP contribution in [0.3, 0.4) is 0 Å². The second-order valence-electron chi connectivity index (χ2n) is 4.79. The number of hydrogen-bond acceptors (Lipinski definition) is 2. The molecule has 4 heteroatoms. The molecule has 1 heterocycles. The summed E-state index contributed by atoms with van der Waals surface area (Å²) < 4.78 is 0.663. The molecule has 0 unspecified atom stereocenters. The number of carbonyl (C=O) groups is 1. The zero-order chi connectivity index (χ0) is 13.8. The van der Waals surface area contributed by atoms with Crippen molar-refractivity contribution in [1.29, 1.82) is 0 Å². The van der Waals surface area contributed by atoms with Gasteiger partial charge in [0, 0.05) is 6.42 Å². The van der Waals surface area contributed by atoms with E-state index in [9.17, 15) is 4.79 Å². The van der Waals surface area contributed by atoms with Crippen molar-refractivity contribution >= 4 is 28.7 Å². The zero-order valence-electron chi connectivity index (χ0n) is 11.0. The molecule has 1 N–H and O–H groups in total. The van der Waals surface area contributed by atoms with Crippen LogP contribution in [0.1, 0.15) is 15.2 Å². The summed E-state index contributed by atoms with van der Waals surface area (Å²) in [5.74, 6) is 0.167. The number of nitrogens with one attached hydrogen (secondary N) is 1. The van der Waals surface area contributed by atoms with Crippen molar-refractivity contribution < 1.29 is 9.69 Å². The van der Waals surface area contributed by atoms with Gasteiger partial charge in [-0.15, -0.1) is 11.3 Å². The summed E-state index contributed by atoms with van der Waals surface area (Å²) >= 11 is 7.26. The SMILES string of the molecule is C[NH+](C)[C@@H](Cc1ccccc1)C(=O)c1ccc(Cl)s1. The molecule has 1 aromatic heterocycles. The first kappa shape index (κ1) is 14.3. The van der Waals surface area contributed by atoms with Gasteiger partial charge in [0.2, 0.25) is 5.78 Å². The molecule has 0 aliphatic heterocycles. The molecule has 2 aromatic rings. The van der Waals surface area contributed by atoms with Crippen LogP contribution in [0.5, 0.6) is 0 Å². The average molecular weight is 295 g/mol. The minimum Gasteiger partial charge on any atom is -0.331 e. The molecular weight excluding hydrogens is 278 g/mol. The lowest BCUT2D eigenvalue weighted by Crippen LogP contribution is -3.11. The molecule has 0 aliphatic rings. The van der Waals surface area contributed by atoms with Crippen molar-refractivity contribution in [1.82, 2.24) is 0 Å². The molecule has 0 aliphatic carbocycles. The summed E-state index contributed by atoms with van der Waals surface area (Å²) in [6.45, 7) is 0. The molecule has 0 saturated carbocycles. The van der Waals surface area contributed by atoms with E-state index in [0.717, 1.165) is 16.2 Å². The highest BCUT2D eigenvalue weighted by Crippen LogP contribution is 2.22. The molecule has 0 amide bonds. The number of carbonyl (C=O) groups excluding carboxylic acids is 1. The lowest BCUT2D eigenvalue weighted by Gasteiger charge is -2.19. The third kappa shape index (κ3) is 3.66. The van der Waals surface area contributed by atoms with Gasteiger partial charge in [-0.05, 0) is 17.7 Å². The molecule has 0 saturated heterocycles. The van der Waals surface area contributed by atoms with E-state index in [1.165, 1.54) is 16.9 Å². The van der Waals surface area contributed by atoms with Crippen molar-refractivity contribution in [2.24, 2.45) is 0 Å². The third-order valence-corrected chi connectivity index (χ3v) is 4.36. The fraction of sp³-hybridized carbons (Fsp3) is 0.267. The highest BCUT2D eigenvalue weighted by molar-refractivity contribution is 7.18. The molecule has 100 valence electrons. The highest BCUT2D eigenvalue weighted by atomic mass is 35.5. The lowest BCUT2D eigenvalue weighted by atomic mass is 10.0. The summed E-state index contributed by atoms with van der Waals surface area (Å²) in [5.41, 5.74) is 1.18. The number of quaternary nitrogens is 1. The molecular formula is C15H17ClNOS+. The minimum atomic E-state index is -0.0721. The number of benzene rings is 1. The van der Waals surface area contributed by atoms with Gasteiger partial charge in [-0.1, -0.05) is 41.9 Å². The molecule has 1 atom stereocenters. The standard InChI is InChI=1S/C15H16ClNOS/c1-17(2)12(10-11-6-4-3-5-7-11)15(18)13-8-9-14(16)19-13/h3-9,12H,10H2,1-2H3/p+1/t12-/m0/s1. The van der Waals surface area contributed by atoms with Crippen LogP contribution in [0.25, 0.3) is 0 Å². The van der Waals surface area contributed by atoms with Crippen LogP contribution in [-0.2, 0) is 6.42 Å². The Balaban J connectivity index is 2.19. The number of thiophene rings is 1. The largest absolute Gasteiger partial charge is 0.331 e. The van der Waals surface area contributed by atoms with Crippen LogP contribution in [0.2, 0.25) is 4.34 Å². The summed E-state index contributed by atoms with van der Waals surface area (Å²) in [4.78, 5) is 14.4. The first-order chi connectivity index (χ1) is 9.08. The van der Waals surface area contributed by atoms with Gasteiger partial charge in [0.05, 0.1) is 23.3 Å². The molecule has 2 rings (SSSR count). The number of ketones is 1. The maximum absolute atomic E-state index is 12.5. The van der Waals surface area contributed by atoms with E-state index < -0.39 is 0 Å². The Bertz CT molecular complexity index is 550. The van der Waals surface area contributed by atoms with Crippen molar-refractivity contribution in [3.63, 3.8) is 0 Å². The second kappa shape index (κ2) is 6.33. The second-order valence-corrected chi connectivity index (χ2v) is 6.50. The molecule has 0 spiro atoms. The monoisotopic (exact) mass is 294 g/mol. The predicted molar refractivity (Wildman–Crippen MR) is 80.4 cm³/mol. The first-order valence-electron chi connectivity index (χ1n) is 6.21. The summed E-state index contributed by atoms with van der Waals surface area (Å²) in [6, 6.07) is 13.6. The topological polar surface area (TPSA) is 21.5 Å². The van der Waals surface area contributed by atoms with Crippen LogP contribution in [0.15, 0.2) is 42.5 Å². The normalized spacial score (nSPS) is 12.6. The van der Waals surface area contributed by atoms with Crippen molar-refractivity contribution in [3.8, 4) is 0 Å². The van der Waals surface area contributed by atoms with E-state index in [-0.39, 0.29) is 11.8 Å². The fourth-order valence-corrected chi connectivity index (χ4v) is 3.06. The van der Waals surface area contributed by atoms with Gasteiger partial charge >= 0.3 is 0 Å². The van der Waals surface area contributed by atoms with Crippen LogP contribution >= 0.6 is 22.9 Å². The summed E-state index contributed by atoms with van der Waals surface area (Å²) in [5, 5.41) is 0. The van der Waals surface area contributed by atoms with Crippen LogP contribution in [0, 0.1) is 0 Å². The Kier molecular flexibility index (Phi) is 4.75. The fourth-order valence-electron chi connectivity index (χ4n) is 2.03. The van der Waals surface area contributed by atoms with Gasteiger partial charge in [0.1, 0.15) is 0 Å². The molecule has 1 aromatic carbocycles. The van der Waals surface area contributed by atoms with E-state index >= 15 is 0 Å². The molecule has 19 heavy (non-hydrogen) atoms. The molecule has 0 radical (unpaired) electrons. The predicted octanol–water partition coefficient (Wildman–Crippen LogP) is 2.34. The Labute approximate surface area is 122 Å². The molecule has 0 fully saturated rings. The Morgan fingerprint density at radius 2 is 1.89 bits per heavy atom. The number of halogens is 1. The van der Waals surface area contributed by atoms with E-state index in [0.29, 0.717) is 4.34 Å². The summed E-state index contributed by atoms with van der Waals surface area (Å²) in [6.07, 6.45) is 0.748. The highest BCUT2D eigenvalue weighted by Gasteiger charge is 2.27. The van der Waals surface area contributed by atoms with Crippen molar-refractivity contribution in [2.75, 3.05) is 14.1 Å². The van der Waals surface area contributed by atoms with Crippen LogP contribution < -0.4 is 4.90 Å². The lowest BCUT2D eigenvalue weighted by molar-refractivity contribution is -0.874. The minimum absolute atomic E-state index is 0.0721.